The lowest BCUT2D eigenvalue weighted by atomic mass is 9.98. The summed E-state index contributed by atoms with van der Waals surface area (Å²) in [5.74, 6) is 0.809. The van der Waals surface area contributed by atoms with Crippen molar-refractivity contribution in [3.63, 3.8) is 0 Å². The van der Waals surface area contributed by atoms with Crippen LogP contribution in [0.4, 0.5) is 0 Å². The van der Waals surface area contributed by atoms with Gasteiger partial charge in [-0.05, 0) is 57.4 Å². The van der Waals surface area contributed by atoms with Gasteiger partial charge in [0.15, 0.2) is 0 Å². The van der Waals surface area contributed by atoms with Crippen molar-refractivity contribution in [1.29, 1.82) is 0 Å². The van der Waals surface area contributed by atoms with Crippen LogP contribution in [0.5, 0.6) is 5.75 Å². The Balaban J connectivity index is 1.61. The number of piperidine rings is 1. The molecule has 0 saturated carbocycles. The molecule has 5 nitrogen and oxygen atoms in total. The number of pyridine rings is 1. The maximum absolute atomic E-state index is 6.65. The van der Waals surface area contributed by atoms with E-state index in [1.54, 1.807) is 6.20 Å². The van der Waals surface area contributed by atoms with E-state index >= 15 is 0 Å². The van der Waals surface area contributed by atoms with E-state index in [2.05, 4.69) is 47.3 Å². The topological polar surface area (TPSA) is 59.9 Å². The number of hydrogen-bond donors (Lipinski definition) is 1. The third-order valence-electron chi connectivity index (χ3n) is 6.45. The van der Waals surface area contributed by atoms with Gasteiger partial charge in [0.05, 0.1) is 35.2 Å². The zero-order valence-electron chi connectivity index (χ0n) is 19.9. The predicted octanol–water partition coefficient (Wildman–Crippen LogP) is 7.19. The van der Waals surface area contributed by atoms with Gasteiger partial charge in [0.2, 0.25) is 0 Å². The molecule has 0 unspecified atom stereocenters. The lowest BCUT2D eigenvalue weighted by molar-refractivity contribution is 0.271. The summed E-state index contributed by atoms with van der Waals surface area (Å²) in [6.07, 6.45) is 9.72. The molecule has 1 aliphatic heterocycles. The van der Waals surface area contributed by atoms with E-state index < -0.39 is 0 Å². The Hall–Kier alpha value is -2.73. The summed E-state index contributed by atoms with van der Waals surface area (Å²) in [4.78, 5) is 13.3. The van der Waals surface area contributed by atoms with Crippen molar-refractivity contribution in [1.82, 2.24) is 20.3 Å². The van der Waals surface area contributed by atoms with Crippen molar-refractivity contribution < 1.29 is 4.74 Å². The van der Waals surface area contributed by atoms with Gasteiger partial charge in [-0.3, -0.25) is 9.97 Å². The second-order valence-corrected chi connectivity index (χ2v) is 10.0. The summed E-state index contributed by atoms with van der Waals surface area (Å²) in [5, 5.41) is 5.35. The quantitative estimate of drug-likeness (QED) is 0.299. The third kappa shape index (κ3) is 5.43. The Morgan fingerprint density at radius 2 is 1.80 bits per heavy atom. The number of nitrogens with zero attached hydrogens (tertiary/aromatic N) is 3. The predicted molar refractivity (Wildman–Crippen MR) is 143 cm³/mol. The van der Waals surface area contributed by atoms with Crippen LogP contribution in [-0.2, 0) is 0 Å². The second-order valence-electron chi connectivity index (χ2n) is 9.24. The molecule has 180 valence electrons. The van der Waals surface area contributed by atoms with Crippen LogP contribution in [-0.4, -0.2) is 34.1 Å². The van der Waals surface area contributed by atoms with Gasteiger partial charge in [0.1, 0.15) is 10.9 Å². The molecule has 0 amide bonds. The highest BCUT2D eigenvalue weighted by Crippen LogP contribution is 2.40. The average molecular weight is 507 g/mol. The molecule has 4 aromatic rings. The number of halogens is 2. The van der Waals surface area contributed by atoms with Crippen LogP contribution >= 0.6 is 23.2 Å². The fourth-order valence-corrected chi connectivity index (χ4v) is 5.22. The van der Waals surface area contributed by atoms with Crippen LogP contribution in [0, 0.1) is 13.8 Å². The van der Waals surface area contributed by atoms with E-state index in [0.717, 1.165) is 46.3 Å². The maximum Gasteiger partial charge on any atom is 0.148 e. The van der Waals surface area contributed by atoms with Crippen LogP contribution in [0.3, 0.4) is 0 Å². The van der Waals surface area contributed by atoms with Crippen LogP contribution in [0.25, 0.3) is 33.3 Å². The summed E-state index contributed by atoms with van der Waals surface area (Å²) in [6.45, 7) is 5.91. The lowest BCUT2D eigenvalue weighted by Gasteiger charge is -2.24. The van der Waals surface area contributed by atoms with Gasteiger partial charge in [-0.25, -0.2) is 4.98 Å². The van der Waals surface area contributed by atoms with E-state index in [9.17, 15) is 0 Å². The zero-order chi connectivity index (χ0) is 24.4. The van der Waals surface area contributed by atoms with Gasteiger partial charge in [-0.2, -0.15) is 0 Å². The van der Waals surface area contributed by atoms with Gasteiger partial charge >= 0.3 is 0 Å². The van der Waals surface area contributed by atoms with Gasteiger partial charge < -0.3 is 10.1 Å². The largest absolute Gasteiger partial charge is 0.492 e. The molecule has 5 rings (SSSR count). The van der Waals surface area contributed by atoms with Gasteiger partial charge in [-0.15, -0.1) is 0 Å². The average Bonchev–Trinajstić information content (AvgIpc) is 2.83. The summed E-state index contributed by atoms with van der Waals surface area (Å²) in [7, 11) is 0. The Bertz CT molecular complexity index is 1350. The standard InChI is InChI=1S/C28H28Cl2N4O/c1-17-9-18(2)11-19(10-17)23-14-33-25-13-24(29)21(26-15-31-16-27(30)34-26)12-22(25)28(23)35-8-6-20-5-3-4-7-32-20/h9-16,20,32H,3-8H2,1-2H3/t20-/m1/s1. The number of nitrogens with one attached hydrogen (secondary N) is 1. The van der Waals surface area contributed by atoms with Crippen LogP contribution < -0.4 is 10.1 Å². The SMILES string of the molecule is Cc1cc(C)cc(-c2cnc3cc(Cl)c(-c4cncc(Cl)n4)cc3c2OCC[C@H]2CCCCN2)c1. The molecule has 0 bridgehead atoms. The smallest absolute Gasteiger partial charge is 0.148 e. The Labute approximate surface area is 215 Å². The normalized spacial score (nSPS) is 15.9. The molecule has 1 saturated heterocycles. The number of rotatable bonds is 6. The lowest BCUT2D eigenvalue weighted by Crippen LogP contribution is -2.35. The number of fused-ring (bicyclic) bond motifs is 1. The van der Waals surface area contributed by atoms with E-state index in [1.165, 1.54) is 36.6 Å². The molecule has 35 heavy (non-hydrogen) atoms. The van der Waals surface area contributed by atoms with Crippen molar-refractivity contribution in [2.75, 3.05) is 13.2 Å². The third-order valence-corrected chi connectivity index (χ3v) is 6.94. The van der Waals surface area contributed by atoms with Crippen molar-refractivity contribution >= 4 is 34.1 Å². The minimum Gasteiger partial charge on any atom is -0.492 e. The minimum absolute atomic E-state index is 0.317. The summed E-state index contributed by atoms with van der Waals surface area (Å²) >= 11 is 12.8. The first-order valence-corrected chi connectivity index (χ1v) is 12.8. The molecule has 0 radical (unpaired) electrons. The van der Waals surface area contributed by atoms with Crippen molar-refractivity contribution in [2.45, 2.75) is 45.6 Å². The molecule has 0 aliphatic carbocycles. The first-order chi connectivity index (χ1) is 17.0. The fraction of sp³-hybridized carbons (Fsp3) is 0.321. The van der Waals surface area contributed by atoms with E-state index in [1.807, 2.05) is 18.3 Å². The summed E-state index contributed by atoms with van der Waals surface area (Å²) < 4.78 is 6.56. The van der Waals surface area contributed by atoms with E-state index in [-0.39, 0.29) is 0 Å². The first-order valence-electron chi connectivity index (χ1n) is 12.0. The number of aryl methyl sites for hydroxylation is 2. The Morgan fingerprint density at radius 1 is 0.971 bits per heavy atom. The second kappa shape index (κ2) is 10.5. The van der Waals surface area contributed by atoms with E-state index in [0.29, 0.717) is 28.5 Å². The number of hydrogen-bond acceptors (Lipinski definition) is 5. The molecule has 1 N–H and O–H groups in total. The first kappa shape index (κ1) is 24.0. The molecule has 1 fully saturated rings. The number of aromatic nitrogens is 3. The molecule has 1 atom stereocenters. The highest BCUT2D eigenvalue weighted by molar-refractivity contribution is 6.34. The molecular weight excluding hydrogens is 479 g/mol. The Morgan fingerprint density at radius 3 is 2.54 bits per heavy atom. The molecular formula is C28H28Cl2N4O. The zero-order valence-corrected chi connectivity index (χ0v) is 21.5. The fourth-order valence-electron chi connectivity index (χ4n) is 4.82. The summed E-state index contributed by atoms with van der Waals surface area (Å²) in [6, 6.07) is 10.9. The molecule has 2 aromatic heterocycles. The van der Waals surface area contributed by atoms with Gasteiger partial charge in [0, 0.05) is 28.8 Å². The highest BCUT2D eigenvalue weighted by Gasteiger charge is 2.18. The van der Waals surface area contributed by atoms with Crippen molar-refractivity contribution in [3.8, 4) is 28.1 Å². The molecule has 3 heterocycles. The van der Waals surface area contributed by atoms with Crippen LogP contribution in [0.15, 0.2) is 48.9 Å². The van der Waals surface area contributed by atoms with Crippen LogP contribution in [0.2, 0.25) is 10.2 Å². The monoisotopic (exact) mass is 506 g/mol. The molecule has 7 heteroatoms. The molecule has 1 aliphatic rings. The number of ether oxygens (including phenoxy) is 1. The molecule has 0 spiro atoms. The van der Waals surface area contributed by atoms with Crippen LogP contribution in [0.1, 0.15) is 36.8 Å². The van der Waals surface area contributed by atoms with Crippen molar-refractivity contribution in [2.24, 2.45) is 0 Å². The highest BCUT2D eigenvalue weighted by atomic mass is 35.5. The van der Waals surface area contributed by atoms with Crippen molar-refractivity contribution in [3.05, 3.63) is 70.2 Å². The van der Waals surface area contributed by atoms with Gasteiger partial charge in [-0.1, -0.05) is 58.9 Å². The molecule has 2 aromatic carbocycles. The number of benzene rings is 2. The van der Waals surface area contributed by atoms with Gasteiger partial charge in [0.25, 0.3) is 0 Å². The Kier molecular flexibility index (Phi) is 7.19. The van der Waals surface area contributed by atoms with E-state index in [4.69, 9.17) is 32.9 Å². The minimum atomic E-state index is 0.317. The summed E-state index contributed by atoms with van der Waals surface area (Å²) in [5.41, 5.74) is 6.57. The maximum atomic E-state index is 6.65.